The maximum Gasteiger partial charge on any atom is 0.308 e. The number of carboxylic acid groups (broad SMARTS) is 1. The second kappa shape index (κ2) is 6.68. The number of nitrogens with zero attached hydrogens (tertiary/aromatic N) is 2. The van der Waals surface area contributed by atoms with Crippen LogP contribution in [0.15, 0.2) is 18.2 Å². The van der Waals surface area contributed by atoms with Crippen molar-refractivity contribution in [2.24, 2.45) is 0 Å². The first kappa shape index (κ1) is 16.0. The highest BCUT2D eigenvalue weighted by molar-refractivity contribution is 7.16. The van der Waals surface area contributed by atoms with E-state index < -0.39 is 5.97 Å². The van der Waals surface area contributed by atoms with Gasteiger partial charge < -0.3 is 14.7 Å². The molecule has 2 aromatic rings. The lowest BCUT2D eigenvalue weighted by atomic mass is 10.0. The van der Waals surface area contributed by atoms with Gasteiger partial charge in [-0.2, -0.15) is 0 Å². The molecule has 1 aliphatic heterocycles. The van der Waals surface area contributed by atoms with E-state index in [1.165, 1.54) is 22.5 Å². The number of aliphatic carboxylic acids is 1. The number of benzene rings is 1. The van der Waals surface area contributed by atoms with E-state index >= 15 is 0 Å². The predicted octanol–water partition coefficient (Wildman–Crippen LogP) is 2.89. The third-order valence-corrected chi connectivity index (χ3v) is 5.18. The molecule has 1 aromatic heterocycles. The Bertz CT molecular complexity index is 721. The lowest BCUT2D eigenvalue weighted by Crippen LogP contribution is -2.36. The summed E-state index contributed by atoms with van der Waals surface area (Å²) in [5, 5.41) is 10.1. The van der Waals surface area contributed by atoms with Crippen molar-refractivity contribution in [2.45, 2.75) is 20.3 Å². The van der Waals surface area contributed by atoms with Gasteiger partial charge >= 0.3 is 5.97 Å². The first-order chi connectivity index (χ1) is 11.0. The fourth-order valence-electron chi connectivity index (χ4n) is 2.60. The van der Waals surface area contributed by atoms with Crippen LogP contribution in [0.2, 0.25) is 0 Å². The molecular weight excluding hydrogens is 312 g/mol. The SMILES string of the molecule is Cc1ccc(-c2nc(N3CCOCC3)sc2CC(=O)O)cc1C. The van der Waals surface area contributed by atoms with Crippen molar-refractivity contribution in [1.29, 1.82) is 0 Å². The van der Waals surface area contributed by atoms with Gasteiger partial charge in [0.1, 0.15) is 0 Å². The number of carboxylic acids is 1. The summed E-state index contributed by atoms with van der Waals surface area (Å²) in [6.07, 6.45) is 0.00423. The van der Waals surface area contributed by atoms with Crippen LogP contribution >= 0.6 is 11.3 Å². The van der Waals surface area contributed by atoms with Crippen molar-refractivity contribution in [1.82, 2.24) is 4.98 Å². The number of rotatable bonds is 4. The fraction of sp³-hybridized carbons (Fsp3) is 0.412. The van der Waals surface area contributed by atoms with Crippen LogP contribution < -0.4 is 4.90 Å². The molecule has 0 saturated carbocycles. The highest BCUT2D eigenvalue weighted by atomic mass is 32.1. The molecule has 1 aliphatic rings. The predicted molar refractivity (Wildman–Crippen MR) is 91.4 cm³/mol. The van der Waals surface area contributed by atoms with Crippen LogP contribution in [-0.2, 0) is 16.0 Å². The minimum absolute atomic E-state index is 0.00423. The Labute approximate surface area is 139 Å². The van der Waals surface area contributed by atoms with Gasteiger partial charge in [-0.3, -0.25) is 4.79 Å². The van der Waals surface area contributed by atoms with Crippen molar-refractivity contribution in [3.63, 3.8) is 0 Å². The Morgan fingerprint density at radius 3 is 2.70 bits per heavy atom. The maximum absolute atomic E-state index is 11.2. The topological polar surface area (TPSA) is 62.7 Å². The second-order valence-corrected chi connectivity index (χ2v) is 6.80. The van der Waals surface area contributed by atoms with Gasteiger partial charge in [-0.25, -0.2) is 4.98 Å². The van der Waals surface area contributed by atoms with E-state index in [-0.39, 0.29) is 6.42 Å². The van der Waals surface area contributed by atoms with Crippen molar-refractivity contribution in [3.05, 3.63) is 34.2 Å². The Hall–Kier alpha value is -1.92. The normalized spacial score (nSPS) is 15.0. The van der Waals surface area contributed by atoms with Gasteiger partial charge in [-0.05, 0) is 31.0 Å². The fourth-order valence-corrected chi connectivity index (χ4v) is 3.73. The van der Waals surface area contributed by atoms with Crippen LogP contribution in [0.25, 0.3) is 11.3 Å². The third-order valence-electron chi connectivity index (χ3n) is 4.06. The average Bonchev–Trinajstić information content (AvgIpc) is 2.94. The number of carbonyl (C=O) groups is 1. The van der Waals surface area contributed by atoms with E-state index in [0.29, 0.717) is 13.2 Å². The Morgan fingerprint density at radius 1 is 1.30 bits per heavy atom. The summed E-state index contributed by atoms with van der Waals surface area (Å²) in [6.45, 7) is 7.10. The molecule has 23 heavy (non-hydrogen) atoms. The average molecular weight is 332 g/mol. The van der Waals surface area contributed by atoms with Crippen LogP contribution in [0.4, 0.5) is 5.13 Å². The summed E-state index contributed by atoms with van der Waals surface area (Å²) in [5.74, 6) is -0.827. The molecule has 0 atom stereocenters. The molecule has 1 saturated heterocycles. The minimum Gasteiger partial charge on any atom is -0.481 e. The van der Waals surface area contributed by atoms with Crippen LogP contribution in [0.3, 0.4) is 0 Å². The molecule has 5 nitrogen and oxygen atoms in total. The van der Waals surface area contributed by atoms with E-state index in [9.17, 15) is 9.90 Å². The second-order valence-electron chi connectivity index (χ2n) is 5.74. The molecular formula is C17H20N2O3S. The zero-order chi connectivity index (χ0) is 16.4. The lowest BCUT2D eigenvalue weighted by Gasteiger charge is -2.26. The van der Waals surface area contributed by atoms with Gasteiger partial charge in [-0.1, -0.05) is 12.1 Å². The molecule has 1 aromatic carbocycles. The van der Waals surface area contributed by atoms with Gasteiger partial charge in [0.15, 0.2) is 5.13 Å². The Kier molecular flexibility index (Phi) is 4.63. The highest BCUT2D eigenvalue weighted by Crippen LogP contribution is 2.34. The molecule has 122 valence electrons. The monoisotopic (exact) mass is 332 g/mol. The first-order valence-corrected chi connectivity index (χ1v) is 8.48. The number of morpholine rings is 1. The zero-order valence-electron chi connectivity index (χ0n) is 13.3. The van der Waals surface area contributed by atoms with Gasteiger partial charge in [0.2, 0.25) is 0 Å². The zero-order valence-corrected chi connectivity index (χ0v) is 14.2. The van der Waals surface area contributed by atoms with E-state index in [4.69, 9.17) is 9.72 Å². The number of ether oxygens (including phenoxy) is 1. The molecule has 0 bridgehead atoms. The van der Waals surface area contributed by atoms with Gasteiger partial charge in [-0.15, -0.1) is 11.3 Å². The van der Waals surface area contributed by atoms with Crippen molar-refractivity contribution < 1.29 is 14.6 Å². The van der Waals surface area contributed by atoms with Crippen LogP contribution in [0.1, 0.15) is 16.0 Å². The van der Waals surface area contributed by atoms with E-state index in [1.807, 2.05) is 6.07 Å². The van der Waals surface area contributed by atoms with Crippen LogP contribution in [0.5, 0.6) is 0 Å². The summed E-state index contributed by atoms with van der Waals surface area (Å²) >= 11 is 1.48. The number of thiazole rings is 1. The van der Waals surface area contributed by atoms with E-state index in [2.05, 4.69) is 30.9 Å². The molecule has 0 aliphatic carbocycles. The number of hydrogen-bond acceptors (Lipinski definition) is 5. The maximum atomic E-state index is 11.2. The molecule has 6 heteroatoms. The summed E-state index contributed by atoms with van der Waals surface area (Å²) in [5.41, 5.74) is 4.18. The Morgan fingerprint density at radius 2 is 2.04 bits per heavy atom. The third kappa shape index (κ3) is 3.54. The first-order valence-electron chi connectivity index (χ1n) is 7.66. The molecule has 0 unspecified atom stereocenters. The Balaban J connectivity index is 2.00. The highest BCUT2D eigenvalue weighted by Gasteiger charge is 2.21. The quantitative estimate of drug-likeness (QED) is 0.933. The molecule has 0 radical (unpaired) electrons. The summed E-state index contributed by atoms with van der Waals surface area (Å²) < 4.78 is 5.38. The van der Waals surface area contributed by atoms with Crippen LogP contribution in [-0.4, -0.2) is 42.4 Å². The molecule has 1 fully saturated rings. The lowest BCUT2D eigenvalue weighted by molar-refractivity contribution is -0.136. The number of aryl methyl sites for hydroxylation is 2. The summed E-state index contributed by atoms with van der Waals surface area (Å²) in [7, 11) is 0. The van der Waals surface area contributed by atoms with Gasteiger partial charge in [0.05, 0.1) is 25.3 Å². The van der Waals surface area contributed by atoms with Crippen LogP contribution in [0, 0.1) is 13.8 Å². The van der Waals surface area contributed by atoms with Gasteiger partial charge in [0, 0.05) is 23.5 Å². The summed E-state index contributed by atoms with van der Waals surface area (Å²) in [6, 6.07) is 6.16. The molecule has 0 amide bonds. The van der Waals surface area contributed by atoms with Crippen molar-refractivity contribution >= 4 is 22.4 Å². The number of aromatic nitrogens is 1. The van der Waals surface area contributed by atoms with Crippen molar-refractivity contribution in [2.75, 3.05) is 31.2 Å². The van der Waals surface area contributed by atoms with Crippen molar-refractivity contribution in [3.8, 4) is 11.3 Å². The number of hydrogen-bond donors (Lipinski definition) is 1. The standard InChI is InChI=1S/C17H20N2O3S/c1-11-3-4-13(9-12(11)2)16-14(10-15(20)21)23-17(18-16)19-5-7-22-8-6-19/h3-4,9H,5-8,10H2,1-2H3,(H,20,21). The molecule has 2 heterocycles. The summed E-state index contributed by atoms with van der Waals surface area (Å²) in [4.78, 5) is 18.9. The smallest absolute Gasteiger partial charge is 0.308 e. The molecule has 1 N–H and O–H groups in total. The number of anilines is 1. The minimum atomic E-state index is -0.827. The van der Waals surface area contributed by atoms with E-state index in [1.54, 1.807) is 0 Å². The molecule has 0 spiro atoms. The van der Waals surface area contributed by atoms with Gasteiger partial charge in [0.25, 0.3) is 0 Å². The largest absolute Gasteiger partial charge is 0.481 e. The molecule has 3 rings (SSSR count). The van der Waals surface area contributed by atoms with E-state index in [0.717, 1.165) is 34.4 Å².